The molecule has 4 aromatic rings. The number of fused-ring (bicyclic) bond motifs is 1. The van der Waals surface area contributed by atoms with Crippen LogP contribution in [0.4, 0.5) is 0 Å². The van der Waals surface area contributed by atoms with E-state index < -0.39 is 6.04 Å². The van der Waals surface area contributed by atoms with E-state index in [2.05, 4.69) is 46.8 Å². The van der Waals surface area contributed by atoms with Crippen LogP contribution >= 0.6 is 0 Å². The molecule has 164 valence electrons. The fourth-order valence-electron chi connectivity index (χ4n) is 4.11. The molecule has 1 amide bonds. The molecule has 4 rings (SSSR count). The van der Waals surface area contributed by atoms with Gasteiger partial charge in [0.05, 0.1) is 7.11 Å². The molecular weight excluding hydrogens is 398 g/mol. The molecule has 0 bridgehead atoms. The van der Waals surface area contributed by atoms with Crippen molar-refractivity contribution in [2.45, 2.75) is 12.0 Å². The summed E-state index contributed by atoms with van der Waals surface area (Å²) >= 11 is 0. The molecule has 2 atom stereocenters. The van der Waals surface area contributed by atoms with Gasteiger partial charge < -0.3 is 19.9 Å². The molecular formula is C27H29N3O2. The number of nitrogens with zero attached hydrogens (tertiary/aromatic N) is 1. The van der Waals surface area contributed by atoms with Crippen LogP contribution in [-0.4, -0.2) is 43.5 Å². The van der Waals surface area contributed by atoms with Gasteiger partial charge in [-0.3, -0.25) is 4.79 Å². The first-order valence-corrected chi connectivity index (χ1v) is 10.8. The molecule has 0 saturated heterocycles. The Kier molecular flexibility index (Phi) is 6.57. The van der Waals surface area contributed by atoms with Crippen LogP contribution in [0.3, 0.4) is 0 Å². The summed E-state index contributed by atoms with van der Waals surface area (Å²) in [6.45, 7) is 0.604. The van der Waals surface area contributed by atoms with E-state index in [4.69, 9.17) is 4.74 Å². The SMILES string of the molecule is COc1ccc([C@@H](CN[C@@H](C(=O)N(C)C)c2ccccc2)c2c[nH]c3ccccc23)cc1. The number of likely N-dealkylation sites (N-methyl/N-ethyl adjacent to an activating group) is 1. The van der Waals surface area contributed by atoms with Crippen molar-refractivity contribution in [3.8, 4) is 5.75 Å². The number of carbonyl (C=O) groups excluding carboxylic acids is 1. The average Bonchev–Trinajstić information content (AvgIpc) is 3.26. The summed E-state index contributed by atoms with van der Waals surface area (Å²) in [5.41, 5.74) is 4.41. The first kappa shape index (κ1) is 21.7. The Hall–Kier alpha value is -3.57. The monoisotopic (exact) mass is 427 g/mol. The van der Waals surface area contributed by atoms with Crippen molar-refractivity contribution in [2.24, 2.45) is 0 Å². The largest absolute Gasteiger partial charge is 0.497 e. The maximum Gasteiger partial charge on any atom is 0.243 e. The molecule has 5 heteroatoms. The number of carbonyl (C=O) groups is 1. The summed E-state index contributed by atoms with van der Waals surface area (Å²) in [6.07, 6.45) is 2.08. The quantitative estimate of drug-likeness (QED) is 0.428. The number of amides is 1. The molecule has 32 heavy (non-hydrogen) atoms. The van der Waals surface area contributed by atoms with E-state index >= 15 is 0 Å². The number of rotatable bonds is 8. The van der Waals surface area contributed by atoms with Crippen molar-refractivity contribution in [3.05, 3.63) is 102 Å². The molecule has 0 radical (unpaired) electrons. The Morgan fingerprint density at radius 1 is 0.938 bits per heavy atom. The predicted octanol–water partition coefficient (Wildman–Crippen LogP) is 4.73. The first-order chi connectivity index (χ1) is 15.6. The Morgan fingerprint density at radius 2 is 1.62 bits per heavy atom. The van der Waals surface area contributed by atoms with Crippen molar-refractivity contribution in [1.29, 1.82) is 0 Å². The van der Waals surface area contributed by atoms with Gasteiger partial charge in [-0.2, -0.15) is 0 Å². The van der Waals surface area contributed by atoms with Crippen LogP contribution in [0.5, 0.6) is 5.75 Å². The summed E-state index contributed by atoms with van der Waals surface area (Å²) in [5, 5.41) is 4.75. The van der Waals surface area contributed by atoms with E-state index in [0.717, 1.165) is 22.4 Å². The zero-order chi connectivity index (χ0) is 22.5. The highest BCUT2D eigenvalue weighted by Gasteiger charge is 2.25. The second kappa shape index (κ2) is 9.71. The van der Waals surface area contributed by atoms with E-state index in [9.17, 15) is 4.79 Å². The molecule has 1 aromatic heterocycles. The van der Waals surface area contributed by atoms with Crippen LogP contribution in [0, 0.1) is 0 Å². The third-order valence-electron chi connectivity index (χ3n) is 5.86. The van der Waals surface area contributed by atoms with Crippen LogP contribution < -0.4 is 10.1 Å². The van der Waals surface area contributed by atoms with Gasteiger partial charge in [-0.05, 0) is 34.9 Å². The first-order valence-electron chi connectivity index (χ1n) is 10.8. The molecule has 0 aliphatic heterocycles. The zero-order valence-electron chi connectivity index (χ0n) is 18.7. The number of para-hydroxylation sites is 1. The number of benzene rings is 3. The van der Waals surface area contributed by atoms with Crippen molar-refractivity contribution in [1.82, 2.24) is 15.2 Å². The lowest BCUT2D eigenvalue weighted by Gasteiger charge is -2.25. The minimum absolute atomic E-state index is 0.0311. The molecule has 0 saturated carbocycles. The van der Waals surface area contributed by atoms with Gasteiger partial charge in [-0.25, -0.2) is 0 Å². The van der Waals surface area contributed by atoms with Gasteiger partial charge in [0.2, 0.25) is 5.91 Å². The second-order valence-corrected chi connectivity index (χ2v) is 8.10. The average molecular weight is 428 g/mol. The number of ether oxygens (including phenoxy) is 1. The molecule has 5 nitrogen and oxygen atoms in total. The van der Waals surface area contributed by atoms with Crippen molar-refractivity contribution < 1.29 is 9.53 Å². The van der Waals surface area contributed by atoms with E-state index in [1.54, 1.807) is 26.1 Å². The van der Waals surface area contributed by atoms with E-state index in [1.807, 2.05) is 48.5 Å². The van der Waals surface area contributed by atoms with Crippen molar-refractivity contribution >= 4 is 16.8 Å². The van der Waals surface area contributed by atoms with E-state index in [-0.39, 0.29) is 11.8 Å². The maximum atomic E-state index is 13.0. The molecule has 0 fully saturated rings. The number of H-pyrrole nitrogens is 1. The number of methoxy groups -OCH3 is 1. The van der Waals surface area contributed by atoms with Gasteiger partial charge in [0.15, 0.2) is 0 Å². The number of aromatic nitrogens is 1. The molecule has 3 aromatic carbocycles. The zero-order valence-corrected chi connectivity index (χ0v) is 18.7. The smallest absolute Gasteiger partial charge is 0.243 e. The highest BCUT2D eigenvalue weighted by molar-refractivity contribution is 5.84. The van der Waals surface area contributed by atoms with Gasteiger partial charge in [0.1, 0.15) is 11.8 Å². The fourth-order valence-corrected chi connectivity index (χ4v) is 4.11. The lowest BCUT2D eigenvalue weighted by molar-refractivity contribution is -0.131. The second-order valence-electron chi connectivity index (χ2n) is 8.10. The van der Waals surface area contributed by atoms with Gasteiger partial charge in [-0.15, -0.1) is 0 Å². The van der Waals surface area contributed by atoms with Crippen molar-refractivity contribution in [3.63, 3.8) is 0 Å². The molecule has 0 aliphatic rings. The van der Waals surface area contributed by atoms with E-state index in [0.29, 0.717) is 6.54 Å². The predicted molar refractivity (Wildman–Crippen MR) is 129 cm³/mol. The summed E-state index contributed by atoms with van der Waals surface area (Å²) in [7, 11) is 5.26. The Bertz CT molecular complexity index is 1170. The minimum atomic E-state index is -0.419. The third-order valence-corrected chi connectivity index (χ3v) is 5.86. The Morgan fingerprint density at radius 3 is 2.31 bits per heavy atom. The third kappa shape index (κ3) is 4.53. The lowest BCUT2D eigenvalue weighted by atomic mass is 9.90. The van der Waals surface area contributed by atoms with Crippen LogP contribution in [-0.2, 0) is 4.79 Å². The number of hydrogen-bond acceptors (Lipinski definition) is 3. The summed E-state index contributed by atoms with van der Waals surface area (Å²) < 4.78 is 5.35. The van der Waals surface area contributed by atoms with Gasteiger partial charge in [-0.1, -0.05) is 60.7 Å². The fraction of sp³-hybridized carbons (Fsp3) is 0.222. The van der Waals surface area contributed by atoms with Gasteiger partial charge in [0, 0.05) is 43.7 Å². The molecule has 0 spiro atoms. The van der Waals surface area contributed by atoms with Crippen LogP contribution in [0.1, 0.15) is 28.7 Å². The Balaban J connectivity index is 1.70. The molecule has 0 unspecified atom stereocenters. The topological polar surface area (TPSA) is 57.4 Å². The summed E-state index contributed by atoms with van der Waals surface area (Å²) in [4.78, 5) is 18.0. The molecule has 0 aliphatic carbocycles. The summed E-state index contributed by atoms with van der Waals surface area (Å²) in [6, 6.07) is 25.9. The highest BCUT2D eigenvalue weighted by atomic mass is 16.5. The van der Waals surface area contributed by atoms with Gasteiger partial charge >= 0.3 is 0 Å². The normalized spacial score (nSPS) is 13.0. The number of hydrogen-bond donors (Lipinski definition) is 2. The maximum absolute atomic E-state index is 13.0. The van der Waals surface area contributed by atoms with Crippen molar-refractivity contribution in [2.75, 3.05) is 27.7 Å². The lowest BCUT2D eigenvalue weighted by Crippen LogP contribution is -2.38. The van der Waals surface area contributed by atoms with Gasteiger partial charge in [0.25, 0.3) is 0 Å². The molecule has 1 heterocycles. The standard InChI is InChI=1S/C27H29N3O2/c1-30(2)27(31)26(20-9-5-4-6-10-20)29-17-23(19-13-15-21(32-3)16-14-19)24-18-28-25-12-8-7-11-22(24)25/h4-16,18,23,26,28-29H,17H2,1-3H3/t23-,26-/m1/s1. The summed E-state index contributed by atoms with van der Waals surface area (Å²) in [5.74, 6) is 0.908. The van der Waals surface area contributed by atoms with E-state index in [1.165, 1.54) is 10.9 Å². The number of nitrogens with one attached hydrogen (secondary N) is 2. The Labute approximate surface area is 189 Å². The van der Waals surface area contributed by atoms with Crippen LogP contribution in [0.25, 0.3) is 10.9 Å². The highest BCUT2D eigenvalue weighted by Crippen LogP contribution is 2.32. The number of aromatic amines is 1. The van der Waals surface area contributed by atoms with Crippen LogP contribution in [0.15, 0.2) is 85.1 Å². The van der Waals surface area contributed by atoms with Crippen LogP contribution in [0.2, 0.25) is 0 Å². The minimum Gasteiger partial charge on any atom is -0.497 e. The molecule has 2 N–H and O–H groups in total.